The molecule has 2 aromatic rings. The molecule has 3 aliphatic heterocycles. The Hall–Kier alpha value is -2.89. The van der Waals surface area contributed by atoms with Crippen molar-refractivity contribution in [3.8, 4) is 11.3 Å². The molecule has 3 saturated heterocycles. The van der Waals surface area contributed by atoms with E-state index in [4.69, 9.17) is 23.8 Å². The number of rotatable bonds is 6. The van der Waals surface area contributed by atoms with Crippen LogP contribution in [0.1, 0.15) is 72.7 Å². The molecule has 0 bridgehead atoms. The van der Waals surface area contributed by atoms with Crippen LogP contribution in [0.4, 0.5) is 4.79 Å². The zero-order chi connectivity index (χ0) is 29.6. The van der Waals surface area contributed by atoms with Gasteiger partial charge in [-0.05, 0) is 69.3 Å². The number of carbonyl (C=O) groups excluding carboxylic acids is 2. The molecule has 2 amide bonds. The van der Waals surface area contributed by atoms with Crippen molar-refractivity contribution in [3.63, 3.8) is 0 Å². The topological polar surface area (TPSA) is 115 Å². The maximum atomic E-state index is 13.9. The highest BCUT2D eigenvalue weighted by Gasteiger charge is 2.52. The molecular weight excluding hydrogens is 523 g/mol. The number of likely N-dealkylation sites (tertiary alicyclic amines) is 1. The van der Waals surface area contributed by atoms with Crippen LogP contribution in [-0.2, 0) is 23.6 Å². The van der Waals surface area contributed by atoms with Crippen molar-refractivity contribution in [2.45, 2.75) is 84.1 Å². The molecule has 3 aliphatic rings. The molecule has 2 N–H and O–H groups in total. The summed E-state index contributed by atoms with van der Waals surface area (Å²) in [6.45, 7) is 14.0. The van der Waals surface area contributed by atoms with Gasteiger partial charge in [0.25, 0.3) is 0 Å². The standard InChI is InChI=1S/C30H43BN4O6/c1-19(2)24(34-27(37)38-7)26(36)35-18-30(12-14-39-15-13-30)16-23(35)25-32-17-22(33-25)20-8-10-21(11-9-20)31-40-28(3,4)29(5,6)41-31/h8-11,17,19,23-24H,12-16,18H2,1-7H3,(H,32,33)(H,34,37)/t23-,24-/m0/s1. The molecule has 5 rings (SSSR count). The second-order valence-corrected chi connectivity index (χ2v) is 13.0. The molecular formula is C30H43BN4O6. The fourth-order valence-corrected chi connectivity index (χ4v) is 6.03. The first-order chi connectivity index (χ1) is 19.3. The minimum absolute atomic E-state index is 0.0389. The number of hydrogen-bond donors (Lipinski definition) is 2. The van der Waals surface area contributed by atoms with Gasteiger partial charge in [-0.1, -0.05) is 38.1 Å². The van der Waals surface area contributed by atoms with Crippen molar-refractivity contribution in [2.24, 2.45) is 11.3 Å². The maximum absolute atomic E-state index is 13.9. The number of ether oxygens (including phenoxy) is 2. The smallest absolute Gasteiger partial charge is 0.453 e. The molecule has 1 spiro atoms. The number of amides is 2. The van der Waals surface area contributed by atoms with E-state index >= 15 is 0 Å². The Kier molecular flexibility index (Phi) is 8.00. The highest BCUT2D eigenvalue weighted by atomic mass is 16.7. The molecule has 222 valence electrons. The van der Waals surface area contributed by atoms with E-state index in [1.807, 2.05) is 76.9 Å². The molecule has 3 fully saturated rings. The van der Waals surface area contributed by atoms with E-state index in [1.165, 1.54) is 7.11 Å². The molecule has 0 radical (unpaired) electrons. The molecule has 1 aromatic heterocycles. The van der Waals surface area contributed by atoms with Crippen LogP contribution in [0.15, 0.2) is 30.5 Å². The van der Waals surface area contributed by atoms with Gasteiger partial charge in [-0.3, -0.25) is 4.79 Å². The molecule has 0 saturated carbocycles. The van der Waals surface area contributed by atoms with Crippen LogP contribution in [-0.4, -0.2) is 78.1 Å². The second kappa shape index (κ2) is 11.1. The predicted molar refractivity (Wildman–Crippen MR) is 155 cm³/mol. The highest BCUT2D eigenvalue weighted by Crippen LogP contribution is 2.48. The van der Waals surface area contributed by atoms with Crippen LogP contribution < -0.4 is 10.8 Å². The van der Waals surface area contributed by atoms with Crippen molar-refractivity contribution < 1.29 is 28.4 Å². The van der Waals surface area contributed by atoms with Gasteiger partial charge in [-0.2, -0.15) is 0 Å². The quantitative estimate of drug-likeness (QED) is 0.511. The maximum Gasteiger partial charge on any atom is 0.494 e. The number of alkyl carbamates (subject to hydrolysis) is 1. The molecule has 10 nitrogen and oxygen atoms in total. The third-order valence-electron chi connectivity index (χ3n) is 9.39. The number of carbonyl (C=O) groups is 2. The number of hydrogen-bond acceptors (Lipinski definition) is 7. The number of H-pyrrole nitrogens is 1. The fraction of sp³-hybridized carbons (Fsp3) is 0.633. The van der Waals surface area contributed by atoms with E-state index in [0.29, 0.717) is 19.8 Å². The number of nitrogens with zero attached hydrogens (tertiary/aromatic N) is 2. The summed E-state index contributed by atoms with van der Waals surface area (Å²) in [6.07, 6.45) is 3.77. The van der Waals surface area contributed by atoms with Gasteiger partial charge in [0.15, 0.2) is 0 Å². The SMILES string of the molecule is COC(=O)N[C@H](C(=O)N1CC2(CCOCC2)C[C@H]1c1ncc(-c2ccc(B3OC(C)(C)C(C)(C)O3)cc2)[nH]1)C(C)C. The van der Waals surface area contributed by atoms with E-state index < -0.39 is 30.5 Å². The molecule has 0 aliphatic carbocycles. The van der Waals surface area contributed by atoms with Gasteiger partial charge in [0.2, 0.25) is 5.91 Å². The van der Waals surface area contributed by atoms with Crippen LogP contribution in [0.2, 0.25) is 0 Å². The Bertz CT molecular complexity index is 1240. The van der Waals surface area contributed by atoms with Crippen molar-refractivity contribution in [3.05, 3.63) is 36.3 Å². The summed E-state index contributed by atoms with van der Waals surface area (Å²) >= 11 is 0. The summed E-state index contributed by atoms with van der Waals surface area (Å²) < 4.78 is 22.9. The largest absolute Gasteiger partial charge is 0.494 e. The first-order valence-electron chi connectivity index (χ1n) is 14.6. The molecule has 0 unspecified atom stereocenters. The Balaban J connectivity index is 1.38. The zero-order valence-corrected chi connectivity index (χ0v) is 25.3. The fourth-order valence-electron chi connectivity index (χ4n) is 6.03. The third-order valence-corrected chi connectivity index (χ3v) is 9.39. The summed E-state index contributed by atoms with van der Waals surface area (Å²) in [5.74, 6) is 0.513. The van der Waals surface area contributed by atoms with E-state index in [9.17, 15) is 9.59 Å². The van der Waals surface area contributed by atoms with Crippen LogP contribution >= 0.6 is 0 Å². The highest BCUT2D eigenvalue weighted by molar-refractivity contribution is 6.62. The molecule has 1 aromatic carbocycles. The van der Waals surface area contributed by atoms with Crippen LogP contribution in [0.3, 0.4) is 0 Å². The number of methoxy groups -OCH3 is 1. The summed E-state index contributed by atoms with van der Waals surface area (Å²) in [4.78, 5) is 36.2. The summed E-state index contributed by atoms with van der Waals surface area (Å²) in [6, 6.07) is 7.17. The van der Waals surface area contributed by atoms with Gasteiger partial charge in [-0.25, -0.2) is 9.78 Å². The number of imidazole rings is 1. The van der Waals surface area contributed by atoms with E-state index in [2.05, 4.69) is 10.3 Å². The molecule has 41 heavy (non-hydrogen) atoms. The third kappa shape index (κ3) is 5.76. The first-order valence-corrected chi connectivity index (χ1v) is 14.6. The Morgan fingerprint density at radius 3 is 2.32 bits per heavy atom. The lowest BCUT2D eigenvalue weighted by molar-refractivity contribution is -0.136. The monoisotopic (exact) mass is 566 g/mol. The lowest BCUT2D eigenvalue weighted by atomic mass is 9.78. The Morgan fingerprint density at radius 2 is 1.73 bits per heavy atom. The zero-order valence-electron chi connectivity index (χ0n) is 25.3. The molecule has 11 heteroatoms. The summed E-state index contributed by atoms with van der Waals surface area (Å²) in [7, 11) is 0.881. The summed E-state index contributed by atoms with van der Waals surface area (Å²) in [5.41, 5.74) is 1.97. The first kappa shape index (κ1) is 29.6. The minimum Gasteiger partial charge on any atom is -0.453 e. The number of benzene rings is 1. The van der Waals surface area contributed by atoms with Crippen LogP contribution in [0.5, 0.6) is 0 Å². The van der Waals surface area contributed by atoms with Gasteiger partial charge in [0.1, 0.15) is 11.9 Å². The van der Waals surface area contributed by atoms with E-state index in [1.54, 1.807) is 0 Å². The van der Waals surface area contributed by atoms with Gasteiger partial charge in [0.05, 0.1) is 36.2 Å². The molecule has 2 atom stereocenters. The van der Waals surface area contributed by atoms with E-state index in [0.717, 1.165) is 41.8 Å². The normalized spacial score (nSPS) is 23.7. The molecule has 4 heterocycles. The van der Waals surface area contributed by atoms with Gasteiger partial charge < -0.3 is 34.0 Å². The Morgan fingerprint density at radius 1 is 1.10 bits per heavy atom. The predicted octanol–water partition coefficient (Wildman–Crippen LogP) is 3.83. The average molecular weight is 567 g/mol. The van der Waals surface area contributed by atoms with Crippen molar-refractivity contribution in [1.82, 2.24) is 20.2 Å². The lowest BCUT2D eigenvalue weighted by Crippen LogP contribution is -2.51. The minimum atomic E-state index is -0.697. The van der Waals surface area contributed by atoms with Crippen molar-refractivity contribution in [2.75, 3.05) is 26.9 Å². The Labute approximate surface area is 243 Å². The lowest BCUT2D eigenvalue weighted by Gasteiger charge is -2.34. The average Bonchev–Trinajstić information content (AvgIpc) is 3.61. The second-order valence-electron chi connectivity index (χ2n) is 13.0. The van der Waals surface area contributed by atoms with Gasteiger partial charge >= 0.3 is 13.2 Å². The van der Waals surface area contributed by atoms with Crippen LogP contribution in [0, 0.1) is 11.3 Å². The van der Waals surface area contributed by atoms with Crippen molar-refractivity contribution in [1.29, 1.82) is 0 Å². The number of nitrogens with one attached hydrogen (secondary N) is 2. The van der Waals surface area contributed by atoms with Crippen molar-refractivity contribution >= 4 is 24.6 Å². The van der Waals surface area contributed by atoms with Gasteiger partial charge in [-0.15, -0.1) is 0 Å². The van der Waals surface area contributed by atoms with Crippen LogP contribution in [0.25, 0.3) is 11.3 Å². The number of aromatic amines is 1. The van der Waals surface area contributed by atoms with Gasteiger partial charge in [0, 0.05) is 19.8 Å². The van der Waals surface area contributed by atoms with E-state index in [-0.39, 0.29) is 23.3 Å². The summed E-state index contributed by atoms with van der Waals surface area (Å²) in [5, 5.41) is 2.75. The number of aromatic nitrogens is 2.